The van der Waals surface area contributed by atoms with Gasteiger partial charge in [-0.2, -0.15) is 0 Å². The summed E-state index contributed by atoms with van der Waals surface area (Å²) in [6, 6.07) is 14.6. The van der Waals surface area contributed by atoms with Gasteiger partial charge in [0.05, 0.1) is 12.1 Å². The number of anilines is 1. The summed E-state index contributed by atoms with van der Waals surface area (Å²) in [7, 11) is 0. The van der Waals surface area contributed by atoms with E-state index in [2.05, 4.69) is 10.3 Å². The Balaban J connectivity index is 1.57. The van der Waals surface area contributed by atoms with E-state index in [4.69, 9.17) is 4.74 Å². The number of hydrogen-bond acceptors (Lipinski definition) is 7. The lowest BCUT2D eigenvalue weighted by atomic mass is 10.1. The van der Waals surface area contributed by atoms with Crippen LogP contribution in [-0.2, 0) is 20.1 Å². The molecule has 0 spiro atoms. The van der Waals surface area contributed by atoms with Crippen LogP contribution in [0.5, 0.6) is 0 Å². The normalized spacial score (nSPS) is 10.6. The number of carbonyl (C=O) groups excluding carboxylic acids is 3. The molecular formula is C26H29N3O4S2. The number of aromatic nitrogens is 1. The monoisotopic (exact) mass is 511 g/mol. The molecule has 0 bridgehead atoms. The molecule has 9 heteroatoms. The van der Waals surface area contributed by atoms with Crippen LogP contribution in [0.1, 0.15) is 40.5 Å². The molecule has 0 saturated heterocycles. The molecule has 3 aromatic rings. The number of esters is 1. The number of nitrogens with one attached hydrogen (secondary N) is 1. The lowest BCUT2D eigenvalue weighted by Gasteiger charge is -2.22. The minimum absolute atomic E-state index is 0.112. The summed E-state index contributed by atoms with van der Waals surface area (Å²) in [5.74, 6) is -0.712. The lowest BCUT2D eigenvalue weighted by Crippen LogP contribution is -2.40. The highest BCUT2D eigenvalue weighted by Gasteiger charge is 2.20. The molecule has 1 N–H and O–H groups in total. The molecule has 0 aliphatic carbocycles. The van der Waals surface area contributed by atoms with Gasteiger partial charge in [-0.3, -0.25) is 9.59 Å². The van der Waals surface area contributed by atoms with Crippen molar-refractivity contribution in [1.82, 2.24) is 9.88 Å². The lowest BCUT2D eigenvalue weighted by molar-refractivity contribution is -0.137. The van der Waals surface area contributed by atoms with Crippen LogP contribution in [0.3, 0.4) is 0 Å². The van der Waals surface area contributed by atoms with Crippen LogP contribution in [0.15, 0.2) is 58.3 Å². The second-order valence-electron chi connectivity index (χ2n) is 7.96. The highest BCUT2D eigenvalue weighted by Crippen LogP contribution is 2.27. The Kier molecular flexibility index (Phi) is 9.86. The number of para-hydroxylation sites is 1. The first-order valence-corrected chi connectivity index (χ1v) is 13.2. The molecule has 1 heterocycles. The fraction of sp³-hybridized carbons (Fsp3) is 0.308. The van der Waals surface area contributed by atoms with Crippen molar-refractivity contribution in [2.24, 2.45) is 0 Å². The minimum Gasteiger partial charge on any atom is -0.452 e. The Hall–Kier alpha value is -3.17. The molecule has 0 atom stereocenters. The van der Waals surface area contributed by atoms with Crippen molar-refractivity contribution in [3.05, 3.63) is 76.3 Å². The van der Waals surface area contributed by atoms with E-state index in [1.54, 1.807) is 35.2 Å². The second-order valence-corrected chi connectivity index (χ2v) is 10.0. The van der Waals surface area contributed by atoms with E-state index in [-0.39, 0.29) is 12.5 Å². The SMILES string of the molecule is CCCN(CC(=O)Nc1ccccc1C)C(=O)COC(=O)c1ccccc1CSc1nc(C)cs1. The molecule has 0 saturated carbocycles. The van der Waals surface area contributed by atoms with Gasteiger partial charge < -0.3 is 15.0 Å². The van der Waals surface area contributed by atoms with E-state index in [0.29, 0.717) is 30.0 Å². The predicted molar refractivity (Wildman–Crippen MR) is 140 cm³/mol. The Morgan fingerprint density at radius 3 is 2.54 bits per heavy atom. The quantitative estimate of drug-likeness (QED) is 0.285. The van der Waals surface area contributed by atoms with Gasteiger partial charge in [0.1, 0.15) is 4.34 Å². The topological polar surface area (TPSA) is 88.6 Å². The molecule has 35 heavy (non-hydrogen) atoms. The maximum atomic E-state index is 12.8. The molecule has 2 amide bonds. The van der Waals surface area contributed by atoms with E-state index >= 15 is 0 Å². The molecule has 3 rings (SSSR count). The Bertz CT molecular complexity index is 1180. The van der Waals surface area contributed by atoms with Crippen LogP contribution in [-0.4, -0.2) is 47.4 Å². The van der Waals surface area contributed by atoms with Gasteiger partial charge >= 0.3 is 5.97 Å². The number of rotatable bonds is 11. The van der Waals surface area contributed by atoms with Crippen LogP contribution in [0.4, 0.5) is 5.69 Å². The van der Waals surface area contributed by atoms with Crippen molar-refractivity contribution < 1.29 is 19.1 Å². The van der Waals surface area contributed by atoms with Crippen LogP contribution in [0.2, 0.25) is 0 Å². The Morgan fingerprint density at radius 2 is 1.83 bits per heavy atom. The predicted octanol–water partition coefficient (Wildman–Crippen LogP) is 5.09. The zero-order valence-corrected chi connectivity index (χ0v) is 21.7. The highest BCUT2D eigenvalue weighted by atomic mass is 32.2. The molecule has 0 aliphatic heterocycles. The number of aryl methyl sites for hydroxylation is 2. The van der Waals surface area contributed by atoms with Crippen LogP contribution in [0.25, 0.3) is 0 Å². The number of carbonyl (C=O) groups is 3. The van der Waals surface area contributed by atoms with E-state index in [1.165, 1.54) is 4.90 Å². The van der Waals surface area contributed by atoms with Crippen molar-refractivity contribution >= 4 is 46.6 Å². The van der Waals surface area contributed by atoms with Gasteiger partial charge in [-0.05, 0) is 43.5 Å². The average Bonchev–Trinajstić information content (AvgIpc) is 3.27. The van der Waals surface area contributed by atoms with Crippen molar-refractivity contribution in [3.8, 4) is 0 Å². The average molecular weight is 512 g/mol. The third-order valence-corrected chi connectivity index (χ3v) is 7.30. The Morgan fingerprint density at radius 1 is 1.09 bits per heavy atom. The standard InChI is InChI=1S/C26H29N3O4S2/c1-4-13-29(14-23(30)28-22-12-8-5-9-18(22)2)24(31)15-33-25(32)21-11-7-6-10-20(21)17-35-26-27-19(3)16-34-26/h5-12,16H,4,13-15,17H2,1-3H3,(H,28,30). The van der Waals surface area contributed by atoms with Crippen molar-refractivity contribution in [2.45, 2.75) is 37.3 Å². The molecule has 184 valence electrons. The number of ether oxygens (including phenoxy) is 1. The maximum absolute atomic E-state index is 12.8. The van der Waals surface area contributed by atoms with Gasteiger partial charge in [-0.25, -0.2) is 9.78 Å². The van der Waals surface area contributed by atoms with Gasteiger partial charge in [0.15, 0.2) is 6.61 Å². The maximum Gasteiger partial charge on any atom is 0.338 e. The van der Waals surface area contributed by atoms with Crippen LogP contribution >= 0.6 is 23.1 Å². The van der Waals surface area contributed by atoms with Gasteiger partial charge in [-0.15, -0.1) is 11.3 Å². The Labute approximate surface area is 213 Å². The van der Waals surface area contributed by atoms with Crippen molar-refractivity contribution in [3.63, 3.8) is 0 Å². The number of thiazole rings is 1. The number of nitrogens with zero attached hydrogens (tertiary/aromatic N) is 2. The van der Waals surface area contributed by atoms with Gasteiger partial charge in [-0.1, -0.05) is 55.1 Å². The summed E-state index contributed by atoms with van der Waals surface area (Å²) in [5.41, 5.74) is 3.83. The van der Waals surface area contributed by atoms with Crippen molar-refractivity contribution in [1.29, 1.82) is 0 Å². The molecule has 0 radical (unpaired) electrons. The van der Waals surface area contributed by atoms with Crippen molar-refractivity contribution in [2.75, 3.05) is 25.0 Å². The first-order chi connectivity index (χ1) is 16.9. The number of hydrogen-bond donors (Lipinski definition) is 1. The van der Waals surface area contributed by atoms with Gasteiger partial charge in [0.25, 0.3) is 5.91 Å². The van der Waals surface area contributed by atoms with E-state index in [1.807, 2.05) is 62.5 Å². The fourth-order valence-corrected chi connectivity index (χ4v) is 5.17. The van der Waals surface area contributed by atoms with E-state index in [9.17, 15) is 14.4 Å². The second kappa shape index (κ2) is 13.1. The zero-order chi connectivity index (χ0) is 25.2. The zero-order valence-electron chi connectivity index (χ0n) is 20.1. The first kappa shape index (κ1) is 26.4. The molecular weight excluding hydrogens is 482 g/mol. The fourth-order valence-electron chi connectivity index (χ4n) is 3.32. The highest BCUT2D eigenvalue weighted by molar-refractivity contribution is 8.00. The third kappa shape index (κ3) is 7.93. The van der Waals surface area contributed by atoms with E-state index in [0.717, 1.165) is 21.2 Å². The summed E-state index contributed by atoms with van der Waals surface area (Å²) in [6.07, 6.45) is 0.674. The molecule has 0 fully saturated rings. The largest absolute Gasteiger partial charge is 0.452 e. The smallest absolute Gasteiger partial charge is 0.338 e. The summed E-state index contributed by atoms with van der Waals surface area (Å²) >= 11 is 3.11. The molecule has 7 nitrogen and oxygen atoms in total. The van der Waals surface area contributed by atoms with Crippen LogP contribution in [0, 0.1) is 13.8 Å². The van der Waals surface area contributed by atoms with E-state index < -0.39 is 18.5 Å². The third-order valence-electron chi connectivity index (χ3n) is 5.11. The minimum atomic E-state index is -0.564. The molecule has 0 unspecified atom stereocenters. The molecule has 0 aliphatic rings. The summed E-state index contributed by atoms with van der Waals surface area (Å²) in [4.78, 5) is 43.9. The van der Waals surface area contributed by atoms with Gasteiger partial charge in [0.2, 0.25) is 5.91 Å². The number of benzene rings is 2. The number of amides is 2. The first-order valence-electron chi connectivity index (χ1n) is 11.3. The van der Waals surface area contributed by atoms with Gasteiger partial charge in [0, 0.05) is 29.1 Å². The van der Waals surface area contributed by atoms with Crippen LogP contribution < -0.4 is 5.32 Å². The summed E-state index contributed by atoms with van der Waals surface area (Å²) < 4.78 is 6.28. The summed E-state index contributed by atoms with van der Waals surface area (Å²) in [6.45, 7) is 5.61. The molecule has 2 aromatic carbocycles. The number of thioether (sulfide) groups is 1. The molecule has 1 aromatic heterocycles. The summed E-state index contributed by atoms with van der Waals surface area (Å²) in [5, 5.41) is 4.82.